The summed E-state index contributed by atoms with van der Waals surface area (Å²) < 4.78 is 1.01. The SMILES string of the molecule is Nc1cccc(CN2CCCC(CO)C2)c1Br. The highest BCUT2D eigenvalue weighted by molar-refractivity contribution is 9.10. The van der Waals surface area contributed by atoms with Crippen LogP contribution in [0.25, 0.3) is 0 Å². The zero-order valence-corrected chi connectivity index (χ0v) is 11.5. The van der Waals surface area contributed by atoms with Crippen LogP contribution in [0, 0.1) is 5.92 Å². The van der Waals surface area contributed by atoms with Crippen molar-refractivity contribution < 1.29 is 5.11 Å². The van der Waals surface area contributed by atoms with Crippen LogP contribution < -0.4 is 5.73 Å². The Bertz CT molecular complexity index is 384. The molecule has 94 valence electrons. The lowest BCUT2D eigenvalue weighted by Crippen LogP contribution is -2.36. The van der Waals surface area contributed by atoms with Gasteiger partial charge in [-0.25, -0.2) is 0 Å². The molecule has 1 aromatic rings. The van der Waals surface area contributed by atoms with E-state index in [2.05, 4.69) is 26.9 Å². The minimum Gasteiger partial charge on any atom is -0.398 e. The van der Waals surface area contributed by atoms with E-state index < -0.39 is 0 Å². The fourth-order valence-corrected chi connectivity index (χ4v) is 2.80. The number of halogens is 1. The van der Waals surface area contributed by atoms with Crippen molar-refractivity contribution in [2.24, 2.45) is 5.92 Å². The van der Waals surface area contributed by atoms with Crippen LogP contribution >= 0.6 is 15.9 Å². The Balaban J connectivity index is 2.02. The standard InChI is InChI=1S/C13H19BrN2O/c14-13-11(4-1-5-12(13)15)8-16-6-2-3-10(7-16)9-17/h1,4-5,10,17H,2-3,6-9,15H2. The lowest BCUT2D eigenvalue weighted by Gasteiger charge is -2.32. The van der Waals surface area contributed by atoms with Crippen molar-refractivity contribution >= 4 is 21.6 Å². The molecule has 1 heterocycles. The van der Waals surface area contributed by atoms with E-state index in [9.17, 15) is 5.11 Å². The highest BCUT2D eigenvalue weighted by Crippen LogP contribution is 2.26. The first-order valence-electron chi connectivity index (χ1n) is 6.06. The molecule has 1 saturated heterocycles. The fraction of sp³-hybridized carbons (Fsp3) is 0.538. The largest absolute Gasteiger partial charge is 0.398 e. The molecule has 3 N–H and O–H groups in total. The van der Waals surface area contributed by atoms with Gasteiger partial charge in [-0.3, -0.25) is 4.90 Å². The van der Waals surface area contributed by atoms with E-state index in [1.165, 1.54) is 12.0 Å². The third-order valence-electron chi connectivity index (χ3n) is 3.36. The molecular weight excluding hydrogens is 280 g/mol. The first kappa shape index (κ1) is 12.9. The molecule has 0 spiro atoms. The third kappa shape index (κ3) is 3.21. The maximum absolute atomic E-state index is 9.22. The molecular formula is C13H19BrN2O. The highest BCUT2D eigenvalue weighted by atomic mass is 79.9. The number of nitrogens with zero attached hydrogens (tertiary/aromatic N) is 1. The number of anilines is 1. The van der Waals surface area contributed by atoms with Gasteiger partial charge in [0.2, 0.25) is 0 Å². The van der Waals surface area contributed by atoms with Gasteiger partial charge in [0, 0.05) is 29.9 Å². The smallest absolute Gasteiger partial charge is 0.0471 e. The molecule has 1 atom stereocenters. The molecule has 2 rings (SSSR count). The van der Waals surface area contributed by atoms with Crippen molar-refractivity contribution in [3.05, 3.63) is 28.2 Å². The topological polar surface area (TPSA) is 49.5 Å². The lowest BCUT2D eigenvalue weighted by molar-refractivity contribution is 0.116. The van der Waals surface area contributed by atoms with Gasteiger partial charge in [0.1, 0.15) is 0 Å². The molecule has 0 bridgehead atoms. The molecule has 1 fully saturated rings. The molecule has 0 amide bonds. The third-order valence-corrected chi connectivity index (χ3v) is 4.33. The second kappa shape index (κ2) is 5.85. The number of nitrogens with two attached hydrogens (primary N) is 1. The Hall–Kier alpha value is -0.580. The molecule has 17 heavy (non-hydrogen) atoms. The summed E-state index contributed by atoms with van der Waals surface area (Å²) in [7, 11) is 0. The fourth-order valence-electron chi connectivity index (χ4n) is 2.41. The van der Waals surface area contributed by atoms with E-state index in [0.29, 0.717) is 12.5 Å². The minimum atomic E-state index is 0.300. The summed E-state index contributed by atoms with van der Waals surface area (Å²) in [4.78, 5) is 2.39. The molecule has 0 aliphatic carbocycles. The second-order valence-electron chi connectivity index (χ2n) is 4.75. The average molecular weight is 299 g/mol. The van der Waals surface area contributed by atoms with Crippen LogP contribution in [0.15, 0.2) is 22.7 Å². The number of hydrogen-bond donors (Lipinski definition) is 2. The number of likely N-dealkylation sites (tertiary alicyclic amines) is 1. The van der Waals surface area contributed by atoms with Crippen LogP contribution in [0.2, 0.25) is 0 Å². The summed E-state index contributed by atoms with van der Waals surface area (Å²) in [5, 5.41) is 9.22. The second-order valence-corrected chi connectivity index (χ2v) is 5.54. The molecule has 1 aliphatic rings. The molecule has 0 saturated carbocycles. The van der Waals surface area contributed by atoms with Crippen LogP contribution in [-0.4, -0.2) is 29.7 Å². The Kier molecular flexibility index (Phi) is 4.42. The first-order chi connectivity index (χ1) is 8.20. The van der Waals surface area contributed by atoms with Crippen LogP contribution in [0.5, 0.6) is 0 Å². The number of nitrogen functional groups attached to an aromatic ring is 1. The molecule has 0 radical (unpaired) electrons. The van der Waals surface area contributed by atoms with E-state index in [1.54, 1.807) is 0 Å². The van der Waals surface area contributed by atoms with Crippen LogP contribution in [0.3, 0.4) is 0 Å². The van der Waals surface area contributed by atoms with E-state index >= 15 is 0 Å². The van der Waals surface area contributed by atoms with Crippen molar-refractivity contribution in [2.75, 3.05) is 25.4 Å². The van der Waals surface area contributed by atoms with Gasteiger partial charge >= 0.3 is 0 Å². The summed E-state index contributed by atoms with van der Waals surface area (Å²) in [5.74, 6) is 0.434. The van der Waals surface area contributed by atoms with E-state index in [-0.39, 0.29) is 0 Å². The number of piperidine rings is 1. The van der Waals surface area contributed by atoms with Crippen molar-refractivity contribution in [2.45, 2.75) is 19.4 Å². The van der Waals surface area contributed by atoms with Gasteiger partial charge in [-0.05, 0) is 52.9 Å². The molecule has 1 aliphatic heterocycles. The molecule has 4 heteroatoms. The van der Waals surface area contributed by atoms with Crippen molar-refractivity contribution in [1.29, 1.82) is 0 Å². The minimum absolute atomic E-state index is 0.300. The molecule has 0 aromatic heterocycles. The number of aliphatic hydroxyl groups is 1. The quantitative estimate of drug-likeness (QED) is 0.842. The van der Waals surface area contributed by atoms with Gasteiger partial charge in [0.25, 0.3) is 0 Å². The zero-order chi connectivity index (χ0) is 12.3. The van der Waals surface area contributed by atoms with Gasteiger partial charge in [-0.2, -0.15) is 0 Å². The van der Waals surface area contributed by atoms with Crippen LogP contribution in [0.1, 0.15) is 18.4 Å². The number of aliphatic hydroxyl groups excluding tert-OH is 1. The van der Waals surface area contributed by atoms with Gasteiger partial charge in [-0.15, -0.1) is 0 Å². The lowest BCUT2D eigenvalue weighted by atomic mass is 9.98. The summed E-state index contributed by atoms with van der Waals surface area (Å²) >= 11 is 3.54. The zero-order valence-electron chi connectivity index (χ0n) is 9.90. The first-order valence-corrected chi connectivity index (χ1v) is 6.86. The summed E-state index contributed by atoms with van der Waals surface area (Å²) in [6, 6.07) is 5.99. The normalized spacial score (nSPS) is 21.6. The van der Waals surface area contributed by atoms with Crippen LogP contribution in [-0.2, 0) is 6.54 Å². The Labute approximate surface area is 111 Å². The number of rotatable bonds is 3. The predicted octanol–water partition coefficient (Wildman–Crippen LogP) is 2.24. The number of hydrogen-bond acceptors (Lipinski definition) is 3. The van der Waals surface area contributed by atoms with E-state index in [0.717, 1.165) is 36.2 Å². The summed E-state index contributed by atoms with van der Waals surface area (Å²) in [6.45, 7) is 3.30. The number of benzene rings is 1. The molecule has 1 unspecified atom stereocenters. The van der Waals surface area contributed by atoms with Crippen molar-refractivity contribution in [3.63, 3.8) is 0 Å². The Morgan fingerprint density at radius 2 is 2.29 bits per heavy atom. The maximum Gasteiger partial charge on any atom is 0.0471 e. The Morgan fingerprint density at radius 1 is 1.47 bits per heavy atom. The maximum atomic E-state index is 9.22. The van der Waals surface area contributed by atoms with Gasteiger partial charge in [0.05, 0.1) is 0 Å². The van der Waals surface area contributed by atoms with E-state index in [4.69, 9.17) is 5.73 Å². The van der Waals surface area contributed by atoms with Gasteiger partial charge < -0.3 is 10.8 Å². The summed E-state index contributed by atoms with van der Waals surface area (Å²) in [5.41, 5.74) is 7.89. The molecule has 1 aromatic carbocycles. The van der Waals surface area contributed by atoms with Crippen molar-refractivity contribution in [1.82, 2.24) is 4.90 Å². The van der Waals surface area contributed by atoms with Gasteiger partial charge in [-0.1, -0.05) is 12.1 Å². The van der Waals surface area contributed by atoms with E-state index in [1.807, 2.05) is 12.1 Å². The molecule has 3 nitrogen and oxygen atoms in total. The Morgan fingerprint density at radius 3 is 3.06 bits per heavy atom. The highest BCUT2D eigenvalue weighted by Gasteiger charge is 2.19. The monoisotopic (exact) mass is 298 g/mol. The van der Waals surface area contributed by atoms with Crippen molar-refractivity contribution in [3.8, 4) is 0 Å². The van der Waals surface area contributed by atoms with Gasteiger partial charge in [0.15, 0.2) is 0 Å². The van der Waals surface area contributed by atoms with Crippen LogP contribution in [0.4, 0.5) is 5.69 Å². The summed E-state index contributed by atoms with van der Waals surface area (Å²) in [6.07, 6.45) is 2.32. The average Bonchev–Trinajstić information content (AvgIpc) is 2.35. The predicted molar refractivity (Wildman–Crippen MR) is 73.6 cm³/mol.